The summed E-state index contributed by atoms with van der Waals surface area (Å²) in [6.45, 7) is 8.16. The zero-order valence-electron chi connectivity index (χ0n) is 13.0. The van der Waals surface area contributed by atoms with E-state index in [1.807, 2.05) is 25.2 Å². The molecule has 1 heterocycles. The Kier molecular flexibility index (Phi) is 4.84. The highest BCUT2D eigenvalue weighted by atomic mass is 16.3. The van der Waals surface area contributed by atoms with Crippen LogP contribution < -0.4 is 5.32 Å². The largest absolute Gasteiger partial charge is 0.394 e. The highest BCUT2D eigenvalue weighted by Gasteiger charge is 2.33. The van der Waals surface area contributed by atoms with Crippen LogP contribution in [0.4, 0.5) is 0 Å². The molecule has 20 heavy (non-hydrogen) atoms. The van der Waals surface area contributed by atoms with Crippen molar-refractivity contribution in [3.8, 4) is 0 Å². The van der Waals surface area contributed by atoms with Crippen molar-refractivity contribution in [2.24, 2.45) is 5.41 Å². The Hall–Kier alpha value is -0.900. The van der Waals surface area contributed by atoms with Crippen molar-refractivity contribution in [1.82, 2.24) is 10.2 Å². The smallest absolute Gasteiger partial charge is 0.0678 e. The minimum absolute atomic E-state index is 0.130. The molecule has 1 unspecified atom stereocenters. The third-order valence-corrected chi connectivity index (χ3v) is 4.69. The Labute approximate surface area is 123 Å². The van der Waals surface area contributed by atoms with Crippen LogP contribution in [0.3, 0.4) is 0 Å². The van der Waals surface area contributed by atoms with Gasteiger partial charge in [0.25, 0.3) is 0 Å². The number of aliphatic hydroxyl groups is 1. The Balaban J connectivity index is 2.03. The number of aliphatic hydroxyl groups excluding tert-OH is 1. The second kappa shape index (κ2) is 6.25. The minimum Gasteiger partial charge on any atom is -0.394 e. The average molecular weight is 276 g/mol. The molecule has 0 aliphatic carbocycles. The van der Waals surface area contributed by atoms with Gasteiger partial charge in [-0.25, -0.2) is 0 Å². The van der Waals surface area contributed by atoms with E-state index in [0.717, 1.165) is 19.5 Å². The minimum atomic E-state index is -0.325. The Bertz CT molecular complexity index is 412. The number of likely N-dealkylation sites (N-methyl/N-ethyl adjacent to an activating group) is 1. The lowest BCUT2D eigenvalue weighted by Crippen LogP contribution is -2.46. The summed E-state index contributed by atoms with van der Waals surface area (Å²) in [5.41, 5.74) is 1.28. The molecule has 1 aromatic carbocycles. The Morgan fingerprint density at radius 2 is 2.00 bits per heavy atom. The van der Waals surface area contributed by atoms with Crippen LogP contribution in [0.2, 0.25) is 0 Å². The first kappa shape index (κ1) is 15.5. The SMILES string of the molecule is CNC(CO)(CCN1CCC(C)(C)C1)c1ccccc1. The fourth-order valence-corrected chi connectivity index (χ4v) is 3.18. The van der Waals surface area contributed by atoms with Crippen molar-refractivity contribution in [2.45, 2.75) is 32.2 Å². The van der Waals surface area contributed by atoms with Crippen LogP contribution in [0.15, 0.2) is 30.3 Å². The third-order valence-electron chi connectivity index (χ3n) is 4.69. The van der Waals surface area contributed by atoms with Crippen LogP contribution in [0.25, 0.3) is 0 Å². The van der Waals surface area contributed by atoms with E-state index in [1.165, 1.54) is 18.5 Å². The Morgan fingerprint density at radius 1 is 1.30 bits per heavy atom. The molecular formula is C17H28N2O. The first-order valence-electron chi connectivity index (χ1n) is 7.59. The standard InChI is InChI=1S/C17H28N2O/c1-16(2)9-11-19(13-16)12-10-17(14-20,18-3)15-7-5-4-6-8-15/h4-8,18,20H,9-14H2,1-3H3. The van der Waals surface area contributed by atoms with Gasteiger partial charge in [-0.15, -0.1) is 0 Å². The molecule has 1 fully saturated rings. The second-order valence-electron chi connectivity index (χ2n) is 6.80. The van der Waals surface area contributed by atoms with E-state index in [2.05, 4.69) is 36.2 Å². The van der Waals surface area contributed by atoms with Crippen molar-refractivity contribution in [3.63, 3.8) is 0 Å². The zero-order valence-corrected chi connectivity index (χ0v) is 13.0. The molecule has 3 nitrogen and oxygen atoms in total. The summed E-state index contributed by atoms with van der Waals surface area (Å²) in [5.74, 6) is 0. The van der Waals surface area contributed by atoms with Gasteiger partial charge in [-0.3, -0.25) is 0 Å². The molecule has 2 rings (SSSR count). The average Bonchev–Trinajstić information content (AvgIpc) is 2.81. The van der Waals surface area contributed by atoms with Crippen molar-refractivity contribution < 1.29 is 5.11 Å². The summed E-state index contributed by atoms with van der Waals surface area (Å²) in [4.78, 5) is 2.52. The summed E-state index contributed by atoms with van der Waals surface area (Å²) in [6, 6.07) is 10.3. The van der Waals surface area contributed by atoms with Gasteiger partial charge < -0.3 is 15.3 Å². The summed E-state index contributed by atoms with van der Waals surface area (Å²) >= 11 is 0. The van der Waals surface area contributed by atoms with Gasteiger partial charge in [-0.1, -0.05) is 44.2 Å². The van der Waals surface area contributed by atoms with Crippen LogP contribution >= 0.6 is 0 Å². The quantitative estimate of drug-likeness (QED) is 0.836. The monoisotopic (exact) mass is 276 g/mol. The van der Waals surface area contributed by atoms with Crippen molar-refractivity contribution in [1.29, 1.82) is 0 Å². The molecule has 1 aliphatic rings. The molecular weight excluding hydrogens is 248 g/mol. The van der Waals surface area contributed by atoms with Crippen LogP contribution in [0.1, 0.15) is 32.3 Å². The van der Waals surface area contributed by atoms with Gasteiger partial charge in [0.1, 0.15) is 0 Å². The lowest BCUT2D eigenvalue weighted by molar-refractivity contribution is 0.142. The highest BCUT2D eigenvalue weighted by molar-refractivity contribution is 5.24. The van der Waals surface area contributed by atoms with Gasteiger partial charge in [0.2, 0.25) is 0 Å². The number of hydrogen-bond acceptors (Lipinski definition) is 3. The molecule has 1 saturated heterocycles. The summed E-state index contributed by atoms with van der Waals surface area (Å²) in [5, 5.41) is 13.3. The maximum Gasteiger partial charge on any atom is 0.0678 e. The van der Waals surface area contributed by atoms with E-state index in [9.17, 15) is 5.11 Å². The molecule has 1 aromatic rings. The molecule has 0 radical (unpaired) electrons. The van der Waals surface area contributed by atoms with Crippen LogP contribution in [0, 0.1) is 5.41 Å². The molecule has 1 aliphatic heterocycles. The molecule has 3 heteroatoms. The maximum absolute atomic E-state index is 9.93. The number of likely N-dealkylation sites (tertiary alicyclic amines) is 1. The molecule has 0 bridgehead atoms. The predicted molar refractivity (Wildman–Crippen MR) is 83.7 cm³/mol. The van der Waals surface area contributed by atoms with E-state index in [1.54, 1.807) is 0 Å². The normalized spacial score (nSPS) is 21.8. The summed E-state index contributed by atoms with van der Waals surface area (Å²) in [6.07, 6.45) is 2.20. The van der Waals surface area contributed by atoms with Crippen LogP contribution in [0.5, 0.6) is 0 Å². The van der Waals surface area contributed by atoms with Crippen molar-refractivity contribution in [2.75, 3.05) is 33.3 Å². The Morgan fingerprint density at radius 3 is 2.50 bits per heavy atom. The first-order valence-corrected chi connectivity index (χ1v) is 7.59. The predicted octanol–water partition coefficient (Wildman–Crippen LogP) is 2.22. The van der Waals surface area contributed by atoms with Gasteiger partial charge in [0.15, 0.2) is 0 Å². The molecule has 1 atom stereocenters. The summed E-state index contributed by atoms with van der Waals surface area (Å²) in [7, 11) is 1.94. The van der Waals surface area contributed by atoms with Gasteiger partial charge >= 0.3 is 0 Å². The highest BCUT2D eigenvalue weighted by Crippen LogP contribution is 2.31. The van der Waals surface area contributed by atoms with Crippen molar-refractivity contribution >= 4 is 0 Å². The fraction of sp³-hybridized carbons (Fsp3) is 0.647. The number of rotatable bonds is 6. The third kappa shape index (κ3) is 3.40. The molecule has 0 spiro atoms. The van der Waals surface area contributed by atoms with Gasteiger partial charge in [0.05, 0.1) is 12.1 Å². The molecule has 0 amide bonds. The second-order valence-corrected chi connectivity index (χ2v) is 6.80. The number of nitrogens with zero attached hydrogens (tertiary/aromatic N) is 1. The lowest BCUT2D eigenvalue weighted by atomic mass is 9.87. The van der Waals surface area contributed by atoms with Crippen LogP contribution in [-0.4, -0.2) is 43.3 Å². The number of hydrogen-bond donors (Lipinski definition) is 2. The zero-order chi connectivity index (χ0) is 14.6. The summed E-state index contributed by atoms with van der Waals surface area (Å²) < 4.78 is 0. The van der Waals surface area contributed by atoms with E-state index >= 15 is 0 Å². The first-order chi connectivity index (χ1) is 9.51. The van der Waals surface area contributed by atoms with E-state index in [4.69, 9.17) is 0 Å². The van der Waals surface area contributed by atoms with E-state index < -0.39 is 0 Å². The molecule has 0 saturated carbocycles. The van der Waals surface area contributed by atoms with E-state index in [-0.39, 0.29) is 12.1 Å². The lowest BCUT2D eigenvalue weighted by Gasteiger charge is -2.34. The maximum atomic E-state index is 9.93. The number of benzene rings is 1. The van der Waals surface area contributed by atoms with Crippen LogP contribution in [-0.2, 0) is 5.54 Å². The van der Waals surface area contributed by atoms with Gasteiger partial charge in [-0.05, 0) is 37.4 Å². The van der Waals surface area contributed by atoms with E-state index in [0.29, 0.717) is 5.41 Å². The number of nitrogens with one attached hydrogen (secondary N) is 1. The van der Waals surface area contributed by atoms with Gasteiger partial charge in [0, 0.05) is 13.1 Å². The molecule has 2 N–H and O–H groups in total. The fourth-order valence-electron chi connectivity index (χ4n) is 3.18. The topological polar surface area (TPSA) is 35.5 Å². The van der Waals surface area contributed by atoms with Gasteiger partial charge in [-0.2, -0.15) is 0 Å². The van der Waals surface area contributed by atoms with Crippen molar-refractivity contribution in [3.05, 3.63) is 35.9 Å². The molecule has 112 valence electrons. The molecule has 0 aromatic heterocycles.